The molecular formula is C6H10ClNO3. The van der Waals surface area contributed by atoms with Crippen molar-refractivity contribution < 1.29 is 14.3 Å². The van der Waals surface area contributed by atoms with Gasteiger partial charge in [0, 0.05) is 13.7 Å². The molecule has 0 fully saturated rings. The third-order valence-electron chi connectivity index (χ3n) is 1.06. The predicted molar refractivity (Wildman–Crippen MR) is 40.4 cm³/mol. The van der Waals surface area contributed by atoms with Gasteiger partial charge in [-0.3, -0.25) is 9.59 Å². The van der Waals surface area contributed by atoms with Gasteiger partial charge in [-0.1, -0.05) is 0 Å². The minimum atomic E-state index is -0.548. The third kappa shape index (κ3) is 5.82. The van der Waals surface area contributed by atoms with Crippen LogP contribution in [-0.4, -0.2) is 43.4 Å². The van der Waals surface area contributed by atoms with Gasteiger partial charge in [-0.2, -0.15) is 0 Å². The van der Waals surface area contributed by atoms with Gasteiger partial charge in [-0.25, -0.2) is 0 Å². The standard InChI is InChI=1S/C6H10ClNO3/c1-11-3-2-8(5-9)4-6(7)10/h5H,2-4H2,1H3. The summed E-state index contributed by atoms with van der Waals surface area (Å²) in [4.78, 5) is 21.8. The van der Waals surface area contributed by atoms with Gasteiger partial charge in [0.2, 0.25) is 11.7 Å². The highest BCUT2D eigenvalue weighted by Crippen LogP contribution is 1.87. The molecule has 0 aliphatic rings. The minimum Gasteiger partial charge on any atom is -0.383 e. The average Bonchev–Trinajstić information content (AvgIpc) is 1.97. The van der Waals surface area contributed by atoms with E-state index in [1.54, 1.807) is 0 Å². The van der Waals surface area contributed by atoms with Crippen LogP contribution >= 0.6 is 11.6 Å². The first kappa shape index (κ1) is 10.4. The summed E-state index contributed by atoms with van der Waals surface area (Å²) >= 11 is 5.05. The molecule has 0 rings (SSSR count). The van der Waals surface area contributed by atoms with Gasteiger partial charge in [-0.15, -0.1) is 0 Å². The van der Waals surface area contributed by atoms with Gasteiger partial charge < -0.3 is 9.64 Å². The van der Waals surface area contributed by atoms with Crippen LogP contribution < -0.4 is 0 Å². The van der Waals surface area contributed by atoms with Crippen molar-refractivity contribution in [1.82, 2.24) is 4.90 Å². The highest BCUT2D eigenvalue weighted by molar-refractivity contribution is 6.64. The Bertz CT molecular complexity index is 140. The van der Waals surface area contributed by atoms with Crippen LogP contribution in [0.25, 0.3) is 0 Å². The first-order chi connectivity index (χ1) is 5.20. The summed E-state index contributed by atoms with van der Waals surface area (Å²) in [6.07, 6.45) is 0.569. The second-order valence-corrected chi connectivity index (χ2v) is 2.35. The van der Waals surface area contributed by atoms with Crippen molar-refractivity contribution >= 4 is 23.3 Å². The summed E-state index contributed by atoms with van der Waals surface area (Å²) in [6, 6.07) is 0. The summed E-state index contributed by atoms with van der Waals surface area (Å²) in [6.45, 7) is 0.732. The van der Waals surface area contributed by atoms with E-state index in [1.165, 1.54) is 12.0 Å². The molecule has 0 bridgehead atoms. The molecule has 0 aliphatic heterocycles. The molecule has 0 saturated heterocycles. The molecule has 0 spiro atoms. The maximum atomic E-state index is 10.3. The van der Waals surface area contributed by atoms with Crippen LogP contribution in [0.2, 0.25) is 0 Å². The van der Waals surface area contributed by atoms with Crippen molar-refractivity contribution in [3.63, 3.8) is 0 Å². The molecule has 0 aliphatic carbocycles. The normalized spacial score (nSPS) is 9.27. The molecule has 0 atom stereocenters. The zero-order valence-corrected chi connectivity index (χ0v) is 7.00. The molecule has 1 amide bonds. The van der Waals surface area contributed by atoms with E-state index in [2.05, 4.69) is 0 Å². The number of hydrogen-bond acceptors (Lipinski definition) is 3. The van der Waals surface area contributed by atoms with E-state index in [4.69, 9.17) is 16.3 Å². The van der Waals surface area contributed by atoms with Crippen molar-refractivity contribution in [2.24, 2.45) is 0 Å². The maximum Gasteiger partial charge on any atom is 0.241 e. The van der Waals surface area contributed by atoms with Gasteiger partial charge >= 0.3 is 0 Å². The van der Waals surface area contributed by atoms with Crippen LogP contribution in [0.4, 0.5) is 0 Å². The molecule has 0 N–H and O–H groups in total. The summed E-state index contributed by atoms with van der Waals surface area (Å²) in [5.41, 5.74) is 0. The molecule has 11 heavy (non-hydrogen) atoms. The van der Waals surface area contributed by atoms with Crippen LogP contribution in [0, 0.1) is 0 Å². The van der Waals surface area contributed by atoms with E-state index >= 15 is 0 Å². The molecule has 0 aromatic rings. The molecule has 0 heterocycles. The Morgan fingerprint density at radius 3 is 2.73 bits per heavy atom. The van der Waals surface area contributed by atoms with Crippen LogP contribution in [-0.2, 0) is 14.3 Å². The van der Waals surface area contributed by atoms with Crippen molar-refractivity contribution in [3.8, 4) is 0 Å². The predicted octanol–water partition coefficient (Wildman–Crippen LogP) is -0.143. The zero-order chi connectivity index (χ0) is 8.69. The number of rotatable bonds is 6. The van der Waals surface area contributed by atoms with Crippen LogP contribution in [0.5, 0.6) is 0 Å². The fourth-order valence-electron chi connectivity index (χ4n) is 0.537. The highest BCUT2D eigenvalue weighted by Gasteiger charge is 2.04. The van der Waals surface area contributed by atoms with Crippen molar-refractivity contribution in [2.75, 3.05) is 26.8 Å². The Hall–Kier alpha value is -0.610. The number of halogens is 1. The van der Waals surface area contributed by atoms with E-state index in [-0.39, 0.29) is 6.54 Å². The molecular weight excluding hydrogens is 170 g/mol. The third-order valence-corrected chi connectivity index (χ3v) is 1.18. The minimum absolute atomic E-state index is 0.0611. The summed E-state index contributed by atoms with van der Waals surface area (Å²) in [5.74, 6) is 0. The summed E-state index contributed by atoms with van der Waals surface area (Å²) in [7, 11) is 1.52. The summed E-state index contributed by atoms with van der Waals surface area (Å²) in [5, 5.41) is -0.548. The van der Waals surface area contributed by atoms with Gasteiger partial charge in [0.1, 0.15) is 0 Å². The number of nitrogens with zero attached hydrogens (tertiary/aromatic N) is 1. The van der Waals surface area contributed by atoms with E-state index in [0.717, 1.165) is 0 Å². The van der Waals surface area contributed by atoms with Gasteiger partial charge in [0.05, 0.1) is 13.2 Å². The van der Waals surface area contributed by atoms with E-state index in [0.29, 0.717) is 19.6 Å². The second-order valence-electron chi connectivity index (χ2n) is 1.92. The van der Waals surface area contributed by atoms with Crippen LogP contribution in [0.15, 0.2) is 0 Å². The van der Waals surface area contributed by atoms with Crippen molar-refractivity contribution in [3.05, 3.63) is 0 Å². The number of carbonyl (C=O) groups is 2. The monoisotopic (exact) mass is 179 g/mol. The number of methoxy groups -OCH3 is 1. The quantitative estimate of drug-likeness (QED) is 0.421. The lowest BCUT2D eigenvalue weighted by atomic mass is 10.5. The molecule has 0 aromatic carbocycles. The SMILES string of the molecule is COCCN(C=O)CC(=O)Cl. The lowest BCUT2D eigenvalue weighted by Gasteiger charge is -2.13. The molecule has 0 unspecified atom stereocenters. The molecule has 5 heteroatoms. The number of amides is 1. The Balaban J connectivity index is 3.57. The lowest BCUT2D eigenvalue weighted by Crippen LogP contribution is -2.29. The Labute approximate surface area is 70.1 Å². The first-order valence-electron chi connectivity index (χ1n) is 3.07. The molecule has 64 valence electrons. The van der Waals surface area contributed by atoms with E-state index in [9.17, 15) is 9.59 Å². The van der Waals surface area contributed by atoms with E-state index in [1.807, 2.05) is 0 Å². The fraction of sp³-hybridized carbons (Fsp3) is 0.667. The number of carbonyl (C=O) groups excluding carboxylic acids is 2. The van der Waals surface area contributed by atoms with Gasteiger partial charge in [0.15, 0.2) is 0 Å². The Morgan fingerprint density at radius 2 is 2.36 bits per heavy atom. The fourth-order valence-corrected chi connectivity index (χ4v) is 0.691. The molecule has 0 saturated carbocycles. The second kappa shape index (κ2) is 6.12. The van der Waals surface area contributed by atoms with Crippen molar-refractivity contribution in [2.45, 2.75) is 0 Å². The number of ether oxygens (including phenoxy) is 1. The Kier molecular flexibility index (Phi) is 5.78. The van der Waals surface area contributed by atoms with Gasteiger partial charge in [0.25, 0.3) is 0 Å². The van der Waals surface area contributed by atoms with Crippen LogP contribution in [0.1, 0.15) is 0 Å². The summed E-state index contributed by atoms with van der Waals surface area (Å²) < 4.78 is 4.70. The molecule has 4 nitrogen and oxygen atoms in total. The molecule has 0 radical (unpaired) electrons. The zero-order valence-electron chi connectivity index (χ0n) is 6.25. The smallest absolute Gasteiger partial charge is 0.241 e. The van der Waals surface area contributed by atoms with Gasteiger partial charge in [-0.05, 0) is 11.6 Å². The topological polar surface area (TPSA) is 46.6 Å². The first-order valence-corrected chi connectivity index (χ1v) is 3.45. The largest absolute Gasteiger partial charge is 0.383 e. The Morgan fingerprint density at radius 1 is 1.73 bits per heavy atom. The van der Waals surface area contributed by atoms with Crippen LogP contribution in [0.3, 0.4) is 0 Å². The average molecular weight is 180 g/mol. The number of hydrogen-bond donors (Lipinski definition) is 0. The van der Waals surface area contributed by atoms with Crippen molar-refractivity contribution in [1.29, 1.82) is 0 Å². The van der Waals surface area contributed by atoms with E-state index < -0.39 is 5.24 Å². The maximum absolute atomic E-state index is 10.3. The highest BCUT2D eigenvalue weighted by atomic mass is 35.5. The molecule has 0 aromatic heterocycles. The lowest BCUT2D eigenvalue weighted by molar-refractivity contribution is -0.123.